The van der Waals surface area contributed by atoms with E-state index in [-0.39, 0.29) is 41.4 Å². The molecule has 1 aliphatic carbocycles. The fourth-order valence-electron chi connectivity index (χ4n) is 4.16. The Morgan fingerprint density at radius 2 is 1.90 bits per heavy atom. The van der Waals surface area contributed by atoms with Crippen molar-refractivity contribution in [2.75, 3.05) is 5.32 Å². The number of nitrogens with one attached hydrogen (secondary N) is 1. The smallest absolute Gasteiger partial charge is 0.274 e. The molecule has 1 fully saturated rings. The molecule has 1 saturated carbocycles. The van der Waals surface area contributed by atoms with Crippen molar-refractivity contribution in [1.82, 2.24) is 4.98 Å². The highest BCUT2D eigenvalue weighted by atomic mass is 32.2. The maximum Gasteiger partial charge on any atom is 0.274 e. The van der Waals surface area contributed by atoms with Crippen molar-refractivity contribution in [3.05, 3.63) is 59.4 Å². The number of nitrogens with zero attached hydrogens (tertiary/aromatic N) is 2. The molecule has 2 heterocycles. The number of anilines is 1. The highest BCUT2D eigenvalue weighted by Gasteiger charge is 2.61. The van der Waals surface area contributed by atoms with Gasteiger partial charge in [0.15, 0.2) is 5.17 Å². The number of rotatable bonds is 3. The van der Waals surface area contributed by atoms with Crippen LogP contribution in [0, 0.1) is 11.6 Å². The van der Waals surface area contributed by atoms with E-state index in [4.69, 9.17) is 5.73 Å². The maximum absolute atomic E-state index is 14.7. The van der Waals surface area contributed by atoms with Crippen LogP contribution in [-0.4, -0.2) is 26.7 Å². The molecule has 0 radical (unpaired) electrons. The largest absolute Gasteiger partial charge is 0.378 e. The van der Waals surface area contributed by atoms with E-state index in [0.29, 0.717) is 0 Å². The zero-order valence-electron chi connectivity index (χ0n) is 15.9. The van der Waals surface area contributed by atoms with Gasteiger partial charge in [-0.2, -0.15) is 0 Å². The van der Waals surface area contributed by atoms with Crippen molar-refractivity contribution in [3.8, 4) is 0 Å². The lowest BCUT2D eigenvalue weighted by molar-refractivity contribution is -0.101. The fraction of sp³-hybridized carbons (Fsp3) is 0.350. The molecule has 5 nitrogen and oxygen atoms in total. The van der Waals surface area contributed by atoms with Gasteiger partial charge in [0, 0.05) is 28.8 Å². The summed E-state index contributed by atoms with van der Waals surface area (Å²) in [5, 5.41) is 2.71. The molecule has 1 aliphatic heterocycles. The predicted molar refractivity (Wildman–Crippen MR) is 107 cm³/mol. The van der Waals surface area contributed by atoms with Crippen LogP contribution >= 0.6 is 11.8 Å². The lowest BCUT2D eigenvalue weighted by atomic mass is 9.71. The van der Waals surface area contributed by atoms with Crippen LogP contribution < -0.4 is 11.1 Å². The van der Waals surface area contributed by atoms with Gasteiger partial charge in [0.25, 0.3) is 11.8 Å². The number of benzene rings is 1. The molecule has 1 unspecified atom stereocenters. The number of thioether (sulfide) groups is 1. The highest BCUT2D eigenvalue weighted by Crippen LogP contribution is 2.60. The Labute approximate surface area is 174 Å². The molecule has 4 rings (SSSR count). The van der Waals surface area contributed by atoms with Crippen molar-refractivity contribution in [2.45, 2.75) is 42.4 Å². The molecular formula is C20H18F4N4OS. The number of hydrogen-bond acceptors (Lipinski definition) is 5. The average molecular weight is 438 g/mol. The first-order valence-electron chi connectivity index (χ1n) is 9.14. The second-order valence-corrected chi connectivity index (χ2v) is 9.39. The molecule has 3 N–H and O–H groups in total. The number of carbonyl (C=O) groups excluding carboxylic acids is 1. The van der Waals surface area contributed by atoms with E-state index < -0.39 is 33.8 Å². The number of hydrogen-bond donors (Lipinski definition) is 2. The van der Waals surface area contributed by atoms with Crippen LogP contribution in [0.2, 0.25) is 0 Å². The summed E-state index contributed by atoms with van der Waals surface area (Å²) in [6.07, 6.45) is 0.418. The van der Waals surface area contributed by atoms with Gasteiger partial charge in [-0.3, -0.25) is 9.79 Å². The van der Waals surface area contributed by atoms with E-state index >= 15 is 0 Å². The van der Waals surface area contributed by atoms with Crippen molar-refractivity contribution in [3.63, 3.8) is 0 Å². The van der Waals surface area contributed by atoms with E-state index in [1.165, 1.54) is 24.3 Å². The molecule has 1 atom stereocenters. The molecule has 2 aromatic rings. The van der Waals surface area contributed by atoms with Crippen molar-refractivity contribution in [1.29, 1.82) is 0 Å². The summed E-state index contributed by atoms with van der Waals surface area (Å²) in [5.74, 6) is -4.53. The maximum atomic E-state index is 14.7. The number of halogens is 4. The third kappa shape index (κ3) is 3.88. The Bertz CT molecular complexity index is 1040. The summed E-state index contributed by atoms with van der Waals surface area (Å²) in [6.45, 7) is 1.64. The number of nitrogens with two attached hydrogens (primary N) is 1. The van der Waals surface area contributed by atoms with Crippen LogP contribution in [0.15, 0.2) is 41.5 Å². The third-order valence-corrected chi connectivity index (χ3v) is 6.44. The first-order chi connectivity index (χ1) is 14.0. The molecule has 2 aliphatic rings. The Balaban J connectivity index is 1.62. The van der Waals surface area contributed by atoms with Crippen LogP contribution in [0.25, 0.3) is 0 Å². The topological polar surface area (TPSA) is 80.4 Å². The summed E-state index contributed by atoms with van der Waals surface area (Å²) in [6, 6.07) is 6.27. The van der Waals surface area contributed by atoms with Gasteiger partial charge in [0.1, 0.15) is 17.3 Å². The van der Waals surface area contributed by atoms with E-state index in [1.807, 2.05) is 0 Å². The van der Waals surface area contributed by atoms with Gasteiger partial charge in [-0.15, -0.1) is 0 Å². The minimum Gasteiger partial charge on any atom is -0.378 e. The summed E-state index contributed by atoms with van der Waals surface area (Å²) < 4.78 is 54.1. The average Bonchev–Trinajstić information content (AvgIpc) is 2.61. The van der Waals surface area contributed by atoms with Gasteiger partial charge in [-0.05, 0) is 43.7 Å². The molecule has 1 amide bonds. The SMILES string of the molecule is CC1(c2cc(NC(=O)c3ccc(F)cn3)ccc2F)CC2(CC(F)(F)C2)SC(N)=N1. The van der Waals surface area contributed by atoms with Gasteiger partial charge < -0.3 is 11.1 Å². The Morgan fingerprint density at radius 3 is 2.53 bits per heavy atom. The van der Waals surface area contributed by atoms with E-state index in [0.717, 1.165) is 24.0 Å². The molecule has 0 bridgehead atoms. The zero-order valence-corrected chi connectivity index (χ0v) is 16.7. The lowest BCUT2D eigenvalue weighted by Crippen LogP contribution is -2.55. The monoisotopic (exact) mass is 438 g/mol. The number of aliphatic imine (C=N–C) groups is 1. The van der Waals surface area contributed by atoms with Crippen molar-refractivity contribution < 1.29 is 22.4 Å². The molecule has 30 heavy (non-hydrogen) atoms. The second-order valence-electron chi connectivity index (χ2n) is 7.91. The summed E-state index contributed by atoms with van der Waals surface area (Å²) >= 11 is 1.11. The normalized spacial score (nSPS) is 24.1. The van der Waals surface area contributed by atoms with Crippen LogP contribution in [-0.2, 0) is 5.54 Å². The van der Waals surface area contributed by atoms with Crippen LogP contribution in [0.3, 0.4) is 0 Å². The molecule has 0 saturated heterocycles. The van der Waals surface area contributed by atoms with Gasteiger partial charge in [-0.1, -0.05) is 11.8 Å². The molecule has 1 spiro atoms. The zero-order chi connectivity index (χ0) is 21.7. The number of carbonyl (C=O) groups is 1. The minimum absolute atomic E-state index is 0.0135. The number of alkyl halides is 2. The Hall–Kier alpha value is -2.62. The summed E-state index contributed by atoms with van der Waals surface area (Å²) in [7, 11) is 0. The van der Waals surface area contributed by atoms with Crippen molar-refractivity contribution >= 4 is 28.5 Å². The molecular weight excluding hydrogens is 420 g/mol. The van der Waals surface area contributed by atoms with Gasteiger partial charge in [0.05, 0.1) is 11.7 Å². The quantitative estimate of drug-likeness (QED) is 0.694. The Kier molecular flexibility index (Phi) is 4.80. The first kappa shape index (κ1) is 20.6. The number of amides is 1. The standard InChI is InChI=1S/C20H18F4N4OS/c1-18(8-19(30-17(25)28-18)9-20(23,24)10-19)13-6-12(3-4-14(13)22)27-16(29)15-5-2-11(21)7-26-15/h2-7H,8-10H2,1H3,(H2,25,28)(H,27,29). The second kappa shape index (κ2) is 6.97. The highest BCUT2D eigenvalue weighted by molar-refractivity contribution is 8.15. The Morgan fingerprint density at radius 1 is 1.17 bits per heavy atom. The third-order valence-electron chi connectivity index (χ3n) is 5.27. The van der Waals surface area contributed by atoms with Crippen molar-refractivity contribution in [2.24, 2.45) is 10.7 Å². The lowest BCUT2D eigenvalue weighted by Gasteiger charge is -2.52. The number of pyridine rings is 1. The van der Waals surface area contributed by atoms with Gasteiger partial charge in [-0.25, -0.2) is 22.5 Å². The van der Waals surface area contributed by atoms with Gasteiger partial charge in [0.2, 0.25) is 0 Å². The van der Waals surface area contributed by atoms with Crippen LogP contribution in [0.5, 0.6) is 0 Å². The van der Waals surface area contributed by atoms with E-state index in [1.54, 1.807) is 6.92 Å². The van der Waals surface area contributed by atoms with Gasteiger partial charge >= 0.3 is 0 Å². The molecule has 158 valence electrons. The molecule has 10 heteroatoms. The fourth-order valence-corrected chi connectivity index (χ4v) is 5.77. The van der Waals surface area contributed by atoms with E-state index in [2.05, 4.69) is 15.3 Å². The van der Waals surface area contributed by atoms with Crippen LogP contribution in [0.4, 0.5) is 23.2 Å². The summed E-state index contributed by atoms with van der Waals surface area (Å²) in [4.78, 5) is 20.4. The number of amidine groups is 1. The van der Waals surface area contributed by atoms with E-state index in [9.17, 15) is 22.4 Å². The molecule has 1 aromatic heterocycles. The number of aromatic nitrogens is 1. The molecule has 1 aromatic carbocycles. The predicted octanol–water partition coefficient (Wildman–Crippen LogP) is 4.45. The summed E-state index contributed by atoms with van der Waals surface area (Å²) in [5.41, 5.74) is 5.15. The van der Waals surface area contributed by atoms with Crippen LogP contribution in [0.1, 0.15) is 42.2 Å². The first-order valence-corrected chi connectivity index (χ1v) is 9.96. The minimum atomic E-state index is -2.76.